The second-order valence-corrected chi connectivity index (χ2v) is 10.3. The number of benzene rings is 2. The maximum absolute atomic E-state index is 13.5. The minimum absolute atomic E-state index is 0.0284. The summed E-state index contributed by atoms with van der Waals surface area (Å²) in [4.78, 5) is 57.3. The highest BCUT2D eigenvalue weighted by atomic mass is 16.4. The molecule has 1 aliphatic heterocycles. The largest absolute Gasteiger partial charge is 0.508 e. The highest BCUT2D eigenvalue weighted by Gasteiger charge is 2.38. The Bertz CT molecular complexity index is 1250. The van der Waals surface area contributed by atoms with E-state index in [0.717, 1.165) is 5.56 Å². The summed E-state index contributed by atoms with van der Waals surface area (Å²) in [6, 6.07) is 10.9. The number of aromatic hydroxyl groups is 1. The number of likely N-dealkylation sites (tertiary alicyclic amines) is 1. The minimum Gasteiger partial charge on any atom is -0.508 e. The van der Waals surface area contributed by atoms with Gasteiger partial charge in [-0.05, 0) is 48.9 Å². The Balaban J connectivity index is 1.71. The van der Waals surface area contributed by atoms with E-state index in [1.54, 1.807) is 36.4 Å². The number of carboxylic acids is 1. The molecule has 2 aromatic carbocycles. The van der Waals surface area contributed by atoms with Crippen LogP contribution in [0.15, 0.2) is 59.6 Å². The van der Waals surface area contributed by atoms with Crippen LogP contribution in [0, 0.1) is 0 Å². The van der Waals surface area contributed by atoms with Gasteiger partial charge >= 0.3 is 5.97 Å². The number of carboxylic acid groups (broad SMARTS) is 1. The number of nitrogens with two attached hydrogens (primary N) is 3. The zero-order valence-corrected chi connectivity index (χ0v) is 23.3. The molecule has 1 fully saturated rings. The molecule has 0 aromatic heterocycles. The quantitative estimate of drug-likeness (QED) is 0.0874. The van der Waals surface area contributed by atoms with Crippen LogP contribution >= 0.6 is 0 Å². The highest BCUT2D eigenvalue weighted by molar-refractivity contribution is 5.94. The van der Waals surface area contributed by atoms with E-state index >= 15 is 0 Å². The van der Waals surface area contributed by atoms with E-state index in [9.17, 15) is 29.4 Å². The van der Waals surface area contributed by atoms with Crippen LogP contribution in [0.5, 0.6) is 5.75 Å². The van der Waals surface area contributed by atoms with Gasteiger partial charge in [-0.25, -0.2) is 4.79 Å². The fourth-order valence-electron chi connectivity index (χ4n) is 4.83. The molecule has 1 aliphatic rings. The molecular formula is C29H39N7O6. The number of carbonyl (C=O) groups excluding carboxylic acids is 3. The molecule has 0 bridgehead atoms. The highest BCUT2D eigenvalue weighted by Crippen LogP contribution is 2.20. The third-order valence-electron chi connectivity index (χ3n) is 7.03. The van der Waals surface area contributed by atoms with E-state index in [0.29, 0.717) is 44.3 Å². The van der Waals surface area contributed by atoms with Gasteiger partial charge < -0.3 is 42.9 Å². The maximum atomic E-state index is 13.5. The zero-order valence-electron chi connectivity index (χ0n) is 23.3. The van der Waals surface area contributed by atoms with E-state index in [1.807, 2.05) is 6.07 Å². The second kappa shape index (κ2) is 15.4. The van der Waals surface area contributed by atoms with Gasteiger partial charge in [-0.1, -0.05) is 42.5 Å². The number of guanidine groups is 1. The molecule has 0 saturated carbocycles. The van der Waals surface area contributed by atoms with Crippen LogP contribution < -0.4 is 27.8 Å². The second-order valence-electron chi connectivity index (χ2n) is 10.3. The van der Waals surface area contributed by atoms with Gasteiger partial charge in [-0.15, -0.1) is 0 Å². The molecule has 13 nitrogen and oxygen atoms in total. The lowest BCUT2D eigenvalue weighted by Crippen LogP contribution is -2.57. The summed E-state index contributed by atoms with van der Waals surface area (Å²) in [6.07, 6.45) is 1.89. The van der Waals surface area contributed by atoms with Crippen molar-refractivity contribution in [3.05, 3.63) is 65.7 Å². The van der Waals surface area contributed by atoms with Gasteiger partial charge in [0.25, 0.3) is 0 Å². The average molecular weight is 582 g/mol. The van der Waals surface area contributed by atoms with E-state index < -0.39 is 42.0 Å². The Morgan fingerprint density at radius 3 is 2.24 bits per heavy atom. The first-order chi connectivity index (χ1) is 20.0. The number of nitrogens with one attached hydrogen (secondary N) is 2. The fourth-order valence-corrected chi connectivity index (χ4v) is 4.83. The molecule has 3 rings (SSSR count). The van der Waals surface area contributed by atoms with Gasteiger partial charge in [0.15, 0.2) is 5.96 Å². The van der Waals surface area contributed by atoms with Gasteiger partial charge in [0.05, 0.1) is 6.04 Å². The monoisotopic (exact) mass is 581 g/mol. The van der Waals surface area contributed by atoms with Crippen LogP contribution in [0.3, 0.4) is 0 Å². The van der Waals surface area contributed by atoms with Crippen molar-refractivity contribution in [2.75, 3.05) is 13.1 Å². The molecule has 226 valence electrons. The SMILES string of the molecule is NC(N)=NCCCC(N)C(=O)N1CCCC1C(=O)NC(Cc1ccccc1)C(=O)NC(Cc1ccc(O)cc1)C(=O)O. The average Bonchev–Trinajstić information content (AvgIpc) is 3.46. The van der Waals surface area contributed by atoms with Gasteiger partial charge in [0, 0.05) is 25.9 Å². The van der Waals surface area contributed by atoms with Crippen molar-refractivity contribution in [3.8, 4) is 5.75 Å². The van der Waals surface area contributed by atoms with E-state index in [1.165, 1.54) is 17.0 Å². The smallest absolute Gasteiger partial charge is 0.326 e. The van der Waals surface area contributed by atoms with Crippen molar-refractivity contribution in [2.45, 2.75) is 62.7 Å². The molecule has 0 aliphatic carbocycles. The fraction of sp³-hybridized carbons (Fsp3) is 0.414. The molecule has 10 N–H and O–H groups in total. The summed E-state index contributed by atoms with van der Waals surface area (Å²) in [5.41, 5.74) is 18.1. The van der Waals surface area contributed by atoms with Crippen molar-refractivity contribution in [1.82, 2.24) is 15.5 Å². The van der Waals surface area contributed by atoms with Crippen LogP contribution in [-0.2, 0) is 32.0 Å². The van der Waals surface area contributed by atoms with Crippen molar-refractivity contribution in [1.29, 1.82) is 0 Å². The number of aliphatic imine (C=N–C) groups is 1. The van der Waals surface area contributed by atoms with Crippen LogP contribution in [0.25, 0.3) is 0 Å². The summed E-state index contributed by atoms with van der Waals surface area (Å²) in [5, 5.41) is 24.6. The third-order valence-corrected chi connectivity index (χ3v) is 7.03. The summed E-state index contributed by atoms with van der Waals surface area (Å²) in [6.45, 7) is 0.676. The van der Waals surface area contributed by atoms with Crippen molar-refractivity contribution >= 4 is 29.7 Å². The number of carbonyl (C=O) groups is 4. The maximum Gasteiger partial charge on any atom is 0.326 e. The number of hydrogen-bond donors (Lipinski definition) is 7. The first-order valence-electron chi connectivity index (χ1n) is 13.8. The number of nitrogens with zero attached hydrogens (tertiary/aromatic N) is 2. The molecule has 0 spiro atoms. The van der Waals surface area contributed by atoms with E-state index in [2.05, 4.69) is 15.6 Å². The number of amides is 3. The Labute approximate surface area is 244 Å². The van der Waals surface area contributed by atoms with Crippen LogP contribution in [0.2, 0.25) is 0 Å². The normalized spacial score (nSPS) is 16.6. The number of phenolic OH excluding ortho intramolecular Hbond substituents is 1. The molecule has 1 saturated heterocycles. The van der Waals surface area contributed by atoms with Gasteiger partial charge in [0.1, 0.15) is 23.9 Å². The molecule has 0 radical (unpaired) electrons. The first kappa shape index (κ1) is 31.9. The molecule has 2 aromatic rings. The third kappa shape index (κ3) is 9.47. The summed E-state index contributed by atoms with van der Waals surface area (Å²) in [5.74, 6) is -2.83. The number of phenols is 1. The standard InChI is InChI=1S/C29H39N7O6/c30-21(8-4-14-33-29(31)32)27(40)36-15-5-9-24(36)26(39)34-22(16-18-6-2-1-3-7-18)25(38)35-23(28(41)42)17-19-10-12-20(37)13-11-19/h1-3,6-7,10-13,21-24,37H,4-5,8-9,14-17,30H2,(H,34,39)(H,35,38)(H,41,42)(H4,31,32,33). The summed E-state index contributed by atoms with van der Waals surface area (Å²) < 4.78 is 0. The molecule has 13 heteroatoms. The van der Waals surface area contributed by atoms with E-state index in [-0.39, 0.29) is 30.5 Å². The molecular weight excluding hydrogens is 542 g/mol. The molecule has 4 atom stereocenters. The number of rotatable bonds is 14. The summed E-state index contributed by atoms with van der Waals surface area (Å²) in [7, 11) is 0. The first-order valence-corrected chi connectivity index (χ1v) is 13.8. The van der Waals surface area contributed by atoms with Crippen molar-refractivity contribution in [2.24, 2.45) is 22.2 Å². The molecule has 1 heterocycles. The number of aliphatic carboxylic acids is 1. The van der Waals surface area contributed by atoms with Gasteiger partial charge in [-0.2, -0.15) is 0 Å². The molecule has 3 amide bonds. The van der Waals surface area contributed by atoms with Crippen molar-refractivity contribution in [3.63, 3.8) is 0 Å². The lowest BCUT2D eigenvalue weighted by molar-refractivity contribution is -0.143. The lowest BCUT2D eigenvalue weighted by Gasteiger charge is -2.28. The Kier molecular flexibility index (Phi) is 11.7. The van der Waals surface area contributed by atoms with Crippen molar-refractivity contribution < 1.29 is 29.4 Å². The van der Waals surface area contributed by atoms with E-state index in [4.69, 9.17) is 17.2 Å². The zero-order chi connectivity index (χ0) is 30.6. The Hall–Kier alpha value is -4.65. The van der Waals surface area contributed by atoms with Crippen LogP contribution in [0.1, 0.15) is 36.8 Å². The van der Waals surface area contributed by atoms with Gasteiger partial charge in [-0.3, -0.25) is 19.4 Å². The topological polar surface area (TPSA) is 226 Å². The predicted molar refractivity (Wildman–Crippen MR) is 156 cm³/mol. The number of hydrogen-bond acceptors (Lipinski definition) is 7. The molecule has 4 unspecified atom stereocenters. The predicted octanol–water partition coefficient (Wildman–Crippen LogP) is -0.396. The Morgan fingerprint density at radius 2 is 1.60 bits per heavy atom. The summed E-state index contributed by atoms with van der Waals surface area (Å²) >= 11 is 0. The lowest BCUT2D eigenvalue weighted by atomic mass is 10.0. The van der Waals surface area contributed by atoms with Crippen LogP contribution in [0.4, 0.5) is 0 Å². The van der Waals surface area contributed by atoms with Crippen LogP contribution in [-0.4, -0.2) is 82.0 Å². The molecule has 42 heavy (non-hydrogen) atoms. The van der Waals surface area contributed by atoms with Gasteiger partial charge in [0.2, 0.25) is 17.7 Å². The minimum atomic E-state index is -1.28. The Morgan fingerprint density at radius 1 is 0.952 bits per heavy atom.